The number of rotatable bonds is 5. The monoisotopic (exact) mass is 361 g/mol. The Kier molecular flexibility index (Phi) is 4.49. The van der Waals surface area contributed by atoms with Crippen LogP contribution >= 0.6 is 11.8 Å². The van der Waals surface area contributed by atoms with Gasteiger partial charge in [0, 0.05) is 14.1 Å². The maximum absolute atomic E-state index is 6.14. The molecule has 0 saturated carbocycles. The number of nitrogens with two attached hydrogens (primary N) is 2. The summed E-state index contributed by atoms with van der Waals surface area (Å²) >= 11 is 1.38. The van der Waals surface area contributed by atoms with Gasteiger partial charge in [-0.15, -0.1) is 10.2 Å². The fraction of sp³-hybridized carbons (Fsp3) is 0.357. The van der Waals surface area contributed by atoms with Crippen molar-refractivity contribution in [1.29, 1.82) is 0 Å². The predicted molar refractivity (Wildman–Crippen MR) is 95.4 cm³/mol. The Morgan fingerprint density at radius 1 is 1.24 bits per heavy atom. The van der Waals surface area contributed by atoms with Gasteiger partial charge in [-0.1, -0.05) is 11.8 Å². The molecule has 3 heterocycles. The van der Waals surface area contributed by atoms with E-state index < -0.39 is 0 Å². The van der Waals surface area contributed by atoms with Crippen LogP contribution in [0.4, 0.5) is 11.9 Å². The first-order chi connectivity index (χ1) is 11.9. The van der Waals surface area contributed by atoms with E-state index >= 15 is 0 Å². The summed E-state index contributed by atoms with van der Waals surface area (Å²) in [5.74, 6) is 8.62. The number of nitrogen functional groups attached to an aromatic ring is 2. The molecular weight excluding hydrogens is 342 g/mol. The van der Waals surface area contributed by atoms with Gasteiger partial charge in [-0.25, -0.2) is 4.68 Å². The first kappa shape index (κ1) is 17.0. The number of aryl methyl sites for hydroxylation is 1. The molecule has 3 aromatic heterocycles. The largest absolute Gasteiger partial charge is 0.469 e. The SMILES string of the molecule is Cc1occc1-c1nnc(SC(C)c2nc(N)nc(N(C)C)n2)n1N. The van der Waals surface area contributed by atoms with Crippen LogP contribution in [-0.4, -0.2) is 43.9 Å². The van der Waals surface area contributed by atoms with E-state index in [1.54, 1.807) is 17.2 Å². The lowest BCUT2D eigenvalue weighted by Crippen LogP contribution is -2.17. The second kappa shape index (κ2) is 6.59. The number of aromatic nitrogens is 6. The Labute approximate surface area is 148 Å². The third kappa shape index (κ3) is 3.36. The van der Waals surface area contributed by atoms with Crippen molar-refractivity contribution in [3.05, 3.63) is 23.9 Å². The molecule has 3 rings (SSSR count). The van der Waals surface area contributed by atoms with Crippen LogP contribution in [0.5, 0.6) is 0 Å². The maximum Gasteiger partial charge on any atom is 0.229 e. The first-order valence-electron chi connectivity index (χ1n) is 7.47. The van der Waals surface area contributed by atoms with E-state index in [0.717, 1.165) is 11.3 Å². The number of hydrogen-bond acceptors (Lipinski definition) is 10. The zero-order valence-corrected chi connectivity index (χ0v) is 15.2. The highest BCUT2D eigenvalue weighted by molar-refractivity contribution is 7.99. The quantitative estimate of drug-likeness (QED) is 0.504. The van der Waals surface area contributed by atoms with Gasteiger partial charge in [-0.05, 0) is 19.9 Å². The highest BCUT2D eigenvalue weighted by atomic mass is 32.2. The zero-order chi connectivity index (χ0) is 18.1. The van der Waals surface area contributed by atoms with Crippen molar-refractivity contribution in [3.63, 3.8) is 0 Å². The number of nitrogens with zero attached hydrogens (tertiary/aromatic N) is 7. The van der Waals surface area contributed by atoms with Gasteiger partial charge in [0.1, 0.15) is 11.6 Å². The lowest BCUT2D eigenvalue weighted by molar-refractivity contribution is 0.535. The van der Waals surface area contributed by atoms with Crippen LogP contribution in [0.2, 0.25) is 0 Å². The minimum Gasteiger partial charge on any atom is -0.469 e. The van der Waals surface area contributed by atoms with E-state index in [0.29, 0.717) is 22.8 Å². The minimum absolute atomic E-state index is 0.145. The van der Waals surface area contributed by atoms with Gasteiger partial charge in [0.05, 0.1) is 17.1 Å². The van der Waals surface area contributed by atoms with Crippen LogP contribution in [0.15, 0.2) is 21.9 Å². The Bertz CT molecular complexity index is 888. The van der Waals surface area contributed by atoms with E-state index in [1.807, 2.05) is 27.9 Å². The van der Waals surface area contributed by atoms with Gasteiger partial charge in [0.25, 0.3) is 0 Å². The van der Waals surface area contributed by atoms with Crippen LogP contribution < -0.4 is 16.5 Å². The van der Waals surface area contributed by atoms with E-state index in [1.165, 1.54) is 16.4 Å². The van der Waals surface area contributed by atoms with Gasteiger partial charge in [-0.3, -0.25) is 0 Å². The number of furan rings is 1. The molecule has 0 spiro atoms. The second-order valence-corrected chi connectivity index (χ2v) is 6.88. The molecule has 0 aliphatic carbocycles. The first-order valence-corrected chi connectivity index (χ1v) is 8.35. The van der Waals surface area contributed by atoms with Crippen LogP contribution in [0.1, 0.15) is 23.8 Å². The lowest BCUT2D eigenvalue weighted by atomic mass is 10.2. The van der Waals surface area contributed by atoms with Crippen molar-refractivity contribution in [1.82, 2.24) is 29.8 Å². The molecule has 1 atom stereocenters. The van der Waals surface area contributed by atoms with Crippen molar-refractivity contribution in [2.75, 3.05) is 30.6 Å². The van der Waals surface area contributed by atoms with Crippen molar-refractivity contribution in [2.45, 2.75) is 24.3 Å². The summed E-state index contributed by atoms with van der Waals surface area (Å²) in [4.78, 5) is 14.5. The summed E-state index contributed by atoms with van der Waals surface area (Å²) in [6, 6.07) is 1.80. The molecule has 0 aliphatic heterocycles. The molecular formula is C14H19N9OS. The van der Waals surface area contributed by atoms with Gasteiger partial charge in [0.15, 0.2) is 5.82 Å². The normalized spacial score (nSPS) is 12.3. The van der Waals surface area contributed by atoms with Crippen molar-refractivity contribution >= 4 is 23.7 Å². The van der Waals surface area contributed by atoms with Crippen LogP contribution in [0.25, 0.3) is 11.4 Å². The van der Waals surface area contributed by atoms with Crippen LogP contribution in [0, 0.1) is 6.92 Å². The fourth-order valence-corrected chi connectivity index (χ4v) is 2.96. The second-order valence-electron chi connectivity index (χ2n) is 5.57. The molecule has 0 radical (unpaired) electrons. The topological polar surface area (TPSA) is 138 Å². The van der Waals surface area contributed by atoms with Crippen LogP contribution in [-0.2, 0) is 0 Å². The minimum atomic E-state index is -0.145. The lowest BCUT2D eigenvalue weighted by Gasteiger charge is -2.14. The van der Waals surface area contributed by atoms with E-state index in [2.05, 4.69) is 25.1 Å². The molecule has 132 valence electrons. The molecule has 10 nitrogen and oxygen atoms in total. The standard InChI is InChI=1S/C14H19N9OS/c1-7-9(5-6-24-7)11-20-21-14(23(11)16)25-8(2)10-17-12(15)19-13(18-10)22(3)4/h5-6,8H,16H2,1-4H3,(H2,15,17,18,19). The molecule has 3 aromatic rings. The summed E-state index contributed by atoms with van der Waals surface area (Å²) in [6.45, 7) is 3.78. The van der Waals surface area contributed by atoms with Gasteiger partial charge in [-0.2, -0.15) is 15.0 Å². The third-order valence-electron chi connectivity index (χ3n) is 3.47. The number of anilines is 2. The van der Waals surface area contributed by atoms with Crippen molar-refractivity contribution in [2.24, 2.45) is 0 Å². The molecule has 0 aromatic carbocycles. The summed E-state index contributed by atoms with van der Waals surface area (Å²) < 4.78 is 6.72. The molecule has 4 N–H and O–H groups in total. The smallest absolute Gasteiger partial charge is 0.229 e. The van der Waals surface area contributed by atoms with Gasteiger partial charge in [0.2, 0.25) is 17.1 Å². The Morgan fingerprint density at radius 2 is 2.00 bits per heavy atom. The summed E-state index contributed by atoms with van der Waals surface area (Å²) in [7, 11) is 3.68. The maximum atomic E-state index is 6.14. The molecule has 0 amide bonds. The number of hydrogen-bond donors (Lipinski definition) is 2. The summed E-state index contributed by atoms with van der Waals surface area (Å²) in [5.41, 5.74) is 6.58. The van der Waals surface area contributed by atoms with Crippen molar-refractivity contribution < 1.29 is 4.42 Å². The van der Waals surface area contributed by atoms with Gasteiger partial charge < -0.3 is 20.9 Å². The van der Waals surface area contributed by atoms with E-state index in [9.17, 15) is 0 Å². The van der Waals surface area contributed by atoms with E-state index in [-0.39, 0.29) is 11.2 Å². The zero-order valence-electron chi connectivity index (χ0n) is 14.3. The summed E-state index contributed by atoms with van der Waals surface area (Å²) in [5, 5.41) is 8.70. The molecule has 25 heavy (non-hydrogen) atoms. The Balaban J connectivity index is 1.86. The van der Waals surface area contributed by atoms with Crippen molar-refractivity contribution in [3.8, 4) is 11.4 Å². The highest BCUT2D eigenvalue weighted by Gasteiger charge is 2.20. The molecule has 11 heteroatoms. The average molecular weight is 361 g/mol. The fourth-order valence-electron chi connectivity index (χ4n) is 2.15. The highest BCUT2D eigenvalue weighted by Crippen LogP contribution is 2.33. The molecule has 1 unspecified atom stereocenters. The Morgan fingerprint density at radius 3 is 2.64 bits per heavy atom. The molecule has 0 aliphatic rings. The average Bonchev–Trinajstić information content (AvgIpc) is 3.13. The van der Waals surface area contributed by atoms with E-state index in [4.69, 9.17) is 16.0 Å². The summed E-state index contributed by atoms with van der Waals surface area (Å²) in [6.07, 6.45) is 1.59. The Hall–Kier alpha value is -2.82. The van der Waals surface area contributed by atoms with Crippen LogP contribution in [0.3, 0.4) is 0 Å². The third-order valence-corrected chi connectivity index (χ3v) is 4.52. The molecule has 0 fully saturated rings. The predicted octanol–water partition coefficient (Wildman–Crippen LogP) is 1.25. The molecule has 0 saturated heterocycles. The number of thioether (sulfide) groups is 1. The molecule has 0 bridgehead atoms. The van der Waals surface area contributed by atoms with Gasteiger partial charge >= 0.3 is 0 Å².